The molecule has 2 fully saturated rings. The highest BCUT2D eigenvalue weighted by molar-refractivity contribution is 6.33. The Hall–Kier alpha value is -3.26. The highest BCUT2D eigenvalue weighted by Crippen LogP contribution is 2.31. The molecule has 0 spiro atoms. The zero-order chi connectivity index (χ0) is 24.7. The van der Waals surface area contributed by atoms with Crippen LogP contribution in [0.25, 0.3) is 11.2 Å². The summed E-state index contributed by atoms with van der Waals surface area (Å²) >= 11 is 6.27. The third-order valence-electron chi connectivity index (χ3n) is 5.56. The van der Waals surface area contributed by atoms with Gasteiger partial charge in [0.1, 0.15) is 41.5 Å². The van der Waals surface area contributed by atoms with Crippen molar-refractivity contribution in [2.45, 2.75) is 31.0 Å². The van der Waals surface area contributed by atoms with Crippen LogP contribution < -0.4 is 14.8 Å². The summed E-state index contributed by atoms with van der Waals surface area (Å²) in [4.78, 5) is 22.1. The maximum Gasteiger partial charge on any atom is 0.341 e. The second kappa shape index (κ2) is 9.41. The van der Waals surface area contributed by atoms with Gasteiger partial charge in [-0.25, -0.2) is 18.6 Å². The van der Waals surface area contributed by atoms with E-state index in [4.69, 9.17) is 35.7 Å². The van der Waals surface area contributed by atoms with Crippen molar-refractivity contribution in [2.24, 2.45) is 0 Å². The summed E-state index contributed by atoms with van der Waals surface area (Å²) in [6.07, 6.45) is -2.05. The summed E-state index contributed by atoms with van der Waals surface area (Å²) in [6, 6.07) is 3.46. The number of halogens is 3. The maximum absolute atomic E-state index is 14.4. The number of carboxylic acids is 1. The van der Waals surface area contributed by atoms with Crippen molar-refractivity contribution >= 4 is 34.6 Å². The van der Waals surface area contributed by atoms with Crippen LogP contribution in [0.5, 0.6) is 11.8 Å². The SMILES string of the molecule is O=C(O)COc1cc(F)c(CNc2nc3nc(O[C@@H]4CO[C@H]5[C@@H]4OC[C@H]5O)[nH]c3cc2Cl)c(F)c1. The number of aromatic nitrogens is 3. The minimum atomic E-state index is -1.27. The Labute approximate surface area is 200 Å². The molecule has 0 radical (unpaired) electrons. The maximum atomic E-state index is 14.4. The van der Waals surface area contributed by atoms with E-state index in [9.17, 15) is 18.7 Å². The molecule has 3 aromatic rings. The van der Waals surface area contributed by atoms with E-state index in [0.717, 1.165) is 12.1 Å². The van der Waals surface area contributed by atoms with Crippen LogP contribution in [0.1, 0.15) is 5.56 Å². The Morgan fingerprint density at radius 3 is 2.69 bits per heavy atom. The van der Waals surface area contributed by atoms with Crippen molar-refractivity contribution in [3.8, 4) is 11.8 Å². The average Bonchev–Trinajstić information content (AvgIpc) is 3.48. The number of carboxylic acid groups (broad SMARTS) is 1. The third kappa shape index (κ3) is 4.80. The number of pyridine rings is 1. The fourth-order valence-electron chi connectivity index (χ4n) is 3.91. The second-order valence-electron chi connectivity index (χ2n) is 7.95. The Bertz CT molecular complexity index is 1250. The van der Waals surface area contributed by atoms with Crippen molar-refractivity contribution in [2.75, 3.05) is 25.1 Å². The van der Waals surface area contributed by atoms with Gasteiger partial charge in [0.15, 0.2) is 18.4 Å². The fourth-order valence-corrected chi connectivity index (χ4v) is 4.13. The third-order valence-corrected chi connectivity index (χ3v) is 5.85. The molecule has 186 valence electrons. The van der Waals surface area contributed by atoms with E-state index in [2.05, 4.69) is 20.3 Å². The van der Waals surface area contributed by atoms with Gasteiger partial charge in [0.2, 0.25) is 0 Å². The molecule has 0 saturated carbocycles. The van der Waals surface area contributed by atoms with Crippen LogP contribution in [0.4, 0.5) is 14.6 Å². The van der Waals surface area contributed by atoms with E-state index in [1.807, 2.05) is 0 Å². The molecule has 14 heteroatoms. The molecule has 2 saturated heterocycles. The normalized spacial score (nSPS) is 23.4. The molecule has 2 aliphatic rings. The van der Waals surface area contributed by atoms with Gasteiger partial charge in [0.05, 0.1) is 23.8 Å². The van der Waals surface area contributed by atoms with E-state index >= 15 is 0 Å². The molecule has 2 aliphatic heterocycles. The summed E-state index contributed by atoms with van der Waals surface area (Å²) in [5, 5.41) is 21.4. The van der Waals surface area contributed by atoms with E-state index in [1.165, 1.54) is 6.07 Å². The molecule has 0 amide bonds. The van der Waals surface area contributed by atoms with Gasteiger partial charge in [0, 0.05) is 24.2 Å². The molecule has 2 aromatic heterocycles. The van der Waals surface area contributed by atoms with Crippen LogP contribution in [0.3, 0.4) is 0 Å². The van der Waals surface area contributed by atoms with Crippen LogP contribution >= 0.6 is 11.6 Å². The van der Waals surface area contributed by atoms with Gasteiger partial charge < -0.3 is 39.5 Å². The van der Waals surface area contributed by atoms with Gasteiger partial charge in [-0.05, 0) is 6.07 Å². The molecule has 1 aromatic carbocycles. The number of fused-ring (bicyclic) bond motifs is 2. The van der Waals surface area contributed by atoms with Gasteiger partial charge in [-0.3, -0.25) is 0 Å². The molecule has 5 rings (SSSR count). The summed E-state index contributed by atoms with van der Waals surface area (Å²) in [7, 11) is 0. The van der Waals surface area contributed by atoms with Gasteiger partial charge in [-0.2, -0.15) is 4.98 Å². The van der Waals surface area contributed by atoms with Crippen LogP contribution in [-0.2, 0) is 20.8 Å². The lowest BCUT2D eigenvalue weighted by Crippen LogP contribution is -2.34. The molecule has 0 aliphatic carbocycles. The summed E-state index contributed by atoms with van der Waals surface area (Å²) in [6.45, 7) is -0.636. The standard InChI is InChI=1S/C21H19ClF2N4O7/c22-10-3-13-20(28-21(26-13)35-15-6-34-17-14(29)5-33-18(15)17)27-19(10)25-4-9-11(23)1-8(2-12(9)24)32-7-16(30)31/h1-3,14-15,17-18,29H,4-7H2,(H,30,31)(H2,25,26,27,28)/t14-,15-,17-,18-/m1/s1. The van der Waals surface area contributed by atoms with E-state index in [-0.39, 0.29) is 53.6 Å². The predicted molar refractivity (Wildman–Crippen MR) is 116 cm³/mol. The minimum Gasteiger partial charge on any atom is -0.482 e. The number of aliphatic hydroxyl groups is 1. The Kier molecular flexibility index (Phi) is 6.32. The minimum absolute atomic E-state index is 0.133. The van der Waals surface area contributed by atoms with Crippen LogP contribution in [0.15, 0.2) is 18.2 Å². The quantitative estimate of drug-likeness (QED) is 0.352. The number of ether oxygens (including phenoxy) is 4. The first-order chi connectivity index (χ1) is 16.8. The molecule has 35 heavy (non-hydrogen) atoms. The number of anilines is 1. The first kappa shape index (κ1) is 23.5. The smallest absolute Gasteiger partial charge is 0.341 e. The summed E-state index contributed by atoms with van der Waals surface area (Å²) in [5.41, 5.74) is 0.398. The molecule has 4 N–H and O–H groups in total. The first-order valence-electron chi connectivity index (χ1n) is 10.5. The van der Waals surface area contributed by atoms with Gasteiger partial charge in [0.25, 0.3) is 6.01 Å². The lowest BCUT2D eigenvalue weighted by Gasteiger charge is -2.15. The Balaban J connectivity index is 1.28. The number of aromatic amines is 1. The Morgan fingerprint density at radius 2 is 1.94 bits per heavy atom. The molecule has 11 nitrogen and oxygen atoms in total. The van der Waals surface area contributed by atoms with Crippen molar-refractivity contribution in [3.63, 3.8) is 0 Å². The van der Waals surface area contributed by atoms with E-state index in [1.54, 1.807) is 0 Å². The number of rotatable bonds is 8. The highest BCUT2D eigenvalue weighted by Gasteiger charge is 2.48. The molecule has 4 atom stereocenters. The number of hydrogen-bond acceptors (Lipinski definition) is 9. The number of aliphatic hydroxyl groups excluding tert-OH is 1. The largest absolute Gasteiger partial charge is 0.482 e. The lowest BCUT2D eigenvalue weighted by atomic mass is 10.1. The van der Waals surface area contributed by atoms with E-state index in [0.29, 0.717) is 5.52 Å². The molecule has 0 unspecified atom stereocenters. The zero-order valence-electron chi connectivity index (χ0n) is 17.8. The molecular formula is C21H19ClF2N4O7. The fraction of sp³-hybridized carbons (Fsp3) is 0.381. The number of carbonyl (C=O) groups is 1. The van der Waals surface area contributed by atoms with Crippen molar-refractivity contribution < 1.29 is 42.7 Å². The van der Waals surface area contributed by atoms with Gasteiger partial charge >= 0.3 is 5.97 Å². The highest BCUT2D eigenvalue weighted by atomic mass is 35.5. The van der Waals surface area contributed by atoms with Crippen molar-refractivity contribution in [3.05, 3.63) is 40.4 Å². The first-order valence-corrected chi connectivity index (χ1v) is 10.9. The summed E-state index contributed by atoms with van der Waals surface area (Å²) < 4.78 is 50.4. The van der Waals surface area contributed by atoms with Crippen molar-refractivity contribution in [1.82, 2.24) is 15.0 Å². The predicted octanol–water partition coefficient (Wildman–Crippen LogP) is 1.87. The zero-order valence-corrected chi connectivity index (χ0v) is 18.6. The summed E-state index contributed by atoms with van der Waals surface area (Å²) in [5.74, 6) is -3.24. The molecule has 0 bridgehead atoms. The van der Waals surface area contributed by atoms with E-state index < -0.39 is 48.6 Å². The number of imidazole rings is 1. The number of hydrogen-bond donors (Lipinski definition) is 4. The number of nitrogens with zero attached hydrogens (tertiary/aromatic N) is 2. The number of benzene rings is 1. The molecular weight excluding hydrogens is 494 g/mol. The van der Waals surface area contributed by atoms with Crippen LogP contribution in [-0.4, -0.2) is 75.4 Å². The van der Waals surface area contributed by atoms with Gasteiger partial charge in [-0.15, -0.1) is 0 Å². The number of H-pyrrole nitrogens is 1. The Morgan fingerprint density at radius 1 is 1.20 bits per heavy atom. The molecule has 4 heterocycles. The average molecular weight is 513 g/mol. The van der Waals surface area contributed by atoms with Gasteiger partial charge in [-0.1, -0.05) is 11.6 Å². The number of aliphatic carboxylic acids is 1. The van der Waals surface area contributed by atoms with Crippen LogP contribution in [0, 0.1) is 11.6 Å². The monoisotopic (exact) mass is 512 g/mol. The lowest BCUT2D eigenvalue weighted by molar-refractivity contribution is -0.139. The van der Waals surface area contributed by atoms with Crippen molar-refractivity contribution in [1.29, 1.82) is 0 Å². The number of nitrogens with one attached hydrogen (secondary N) is 2. The topological polar surface area (TPSA) is 148 Å². The van der Waals surface area contributed by atoms with Crippen LogP contribution in [0.2, 0.25) is 5.02 Å². The second-order valence-corrected chi connectivity index (χ2v) is 8.36.